The van der Waals surface area contributed by atoms with Crippen molar-refractivity contribution in [2.24, 2.45) is 0 Å². The molecule has 0 saturated carbocycles. The van der Waals surface area contributed by atoms with Crippen molar-refractivity contribution in [1.29, 1.82) is 0 Å². The minimum Gasteiger partial charge on any atom is -0.490 e. The molecule has 25 heavy (non-hydrogen) atoms. The fraction of sp³-hybridized carbons (Fsp3) is 0.333. The first-order chi connectivity index (χ1) is 12.2. The lowest BCUT2D eigenvalue weighted by Crippen LogP contribution is -2.11. The summed E-state index contributed by atoms with van der Waals surface area (Å²) in [6.07, 6.45) is 1.61. The predicted molar refractivity (Wildman–Crippen MR) is 92.9 cm³/mol. The largest absolute Gasteiger partial charge is 0.490 e. The van der Waals surface area contributed by atoms with Gasteiger partial charge in [-0.3, -0.25) is 0 Å². The number of benzene rings is 1. The maximum Gasteiger partial charge on any atom is 0.357 e. The van der Waals surface area contributed by atoms with E-state index in [-0.39, 0.29) is 32.1 Å². The minimum atomic E-state index is -0.487. The van der Waals surface area contributed by atoms with Gasteiger partial charge >= 0.3 is 5.97 Å². The summed E-state index contributed by atoms with van der Waals surface area (Å²) in [5, 5.41) is 10.7. The molecule has 0 aliphatic rings. The standard InChI is InChI=1S/C18H20N2O5/c1-3-24-18(22)17-11(10-23-2)15-13(9-19-17)20-12-5-4-6-14(16(12)15)25-8-7-21/h4-6,9,20-21H,3,7-8,10H2,1-2H3. The minimum absolute atomic E-state index is 0.0840. The number of nitrogens with zero attached hydrogens (tertiary/aromatic N) is 1. The van der Waals surface area contributed by atoms with Gasteiger partial charge < -0.3 is 24.3 Å². The van der Waals surface area contributed by atoms with Gasteiger partial charge in [-0.1, -0.05) is 6.07 Å². The van der Waals surface area contributed by atoms with E-state index in [0.717, 1.165) is 21.8 Å². The molecule has 0 unspecified atom stereocenters. The summed E-state index contributed by atoms with van der Waals surface area (Å²) >= 11 is 0. The SMILES string of the molecule is CCOC(=O)c1ncc2[nH]c3cccc(OCCO)c3c2c1COC. The van der Waals surface area contributed by atoms with Crippen LogP contribution < -0.4 is 4.74 Å². The Hall–Kier alpha value is -2.64. The number of fused-ring (bicyclic) bond motifs is 3. The van der Waals surface area contributed by atoms with E-state index in [4.69, 9.17) is 19.3 Å². The first-order valence-electron chi connectivity index (χ1n) is 8.03. The van der Waals surface area contributed by atoms with Crippen LogP contribution >= 0.6 is 0 Å². The number of carbonyl (C=O) groups excluding carboxylic acids is 1. The molecule has 2 N–H and O–H groups in total. The fourth-order valence-electron chi connectivity index (χ4n) is 2.91. The van der Waals surface area contributed by atoms with Gasteiger partial charge in [0.15, 0.2) is 5.69 Å². The van der Waals surface area contributed by atoms with Gasteiger partial charge in [0.1, 0.15) is 12.4 Å². The Balaban J connectivity index is 2.30. The highest BCUT2D eigenvalue weighted by molar-refractivity contribution is 6.13. The Morgan fingerprint density at radius 3 is 2.84 bits per heavy atom. The molecule has 2 heterocycles. The number of aliphatic hydroxyl groups is 1. The number of aromatic nitrogens is 2. The first-order valence-corrected chi connectivity index (χ1v) is 8.03. The molecular formula is C18H20N2O5. The molecule has 7 heteroatoms. The number of pyridine rings is 1. The molecule has 0 atom stereocenters. The topological polar surface area (TPSA) is 93.7 Å². The van der Waals surface area contributed by atoms with E-state index in [1.165, 1.54) is 0 Å². The number of nitrogens with one attached hydrogen (secondary N) is 1. The zero-order valence-electron chi connectivity index (χ0n) is 14.2. The van der Waals surface area contributed by atoms with Gasteiger partial charge in [-0.15, -0.1) is 0 Å². The zero-order chi connectivity index (χ0) is 17.8. The highest BCUT2D eigenvalue weighted by Crippen LogP contribution is 2.36. The van der Waals surface area contributed by atoms with Crippen LogP contribution in [0.2, 0.25) is 0 Å². The van der Waals surface area contributed by atoms with E-state index in [1.54, 1.807) is 20.2 Å². The zero-order valence-corrected chi connectivity index (χ0v) is 14.2. The van der Waals surface area contributed by atoms with Crippen molar-refractivity contribution in [1.82, 2.24) is 9.97 Å². The fourth-order valence-corrected chi connectivity index (χ4v) is 2.91. The van der Waals surface area contributed by atoms with Crippen LogP contribution in [0.5, 0.6) is 5.75 Å². The summed E-state index contributed by atoms with van der Waals surface area (Å²) in [5.41, 5.74) is 2.50. The van der Waals surface area contributed by atoms with Crippen LogP contribution in [0, 0.1) is 0 Å². The Labute approximate surface area is 144 Å². The number of methoxy groups -OCH3 is 1. The van der Waals surface area contributed by atoms with E-state index in [9.17, 15) is 4.79 Å². The molecule has 0 bridgehead atoms. The molecule has 0 saturated heterocycles. The Bertz CT molecular complexity index is 903. The molecule has 2 aromatic heterocycles. The smallest absolute Gasteiger partial charge is 0.357 e. The number of carbonyl (C=O) groups is 1. The summed E-state index contributed by atoms with van der Waals surface area (Å²) in [6.45, 7) is 2.32. The van der Waals surface area contributed by atoms with Crippen molar-refractivity contribution in [3.05, 3.63) is 35.7 Å². The molecule has 0 aliphatic carbocycles. The Morgan fingerprint density at radius 2 is 2.12 bits per heavy atom. The predicted octanol–water partition coefficient (Wildman–Crippen LogP) is 2.41. The summed E-state index contributed by atoms with van der Waals surface area (Å²) in [5.74, 6) is 0.135. The molecule has 0 spiro atoms. The van der Waals surface area contributed by atoms with Gasteiger partial charge in [-0.05, 0) is 19.1 Å². The summed E-state index contributed by atoms with van der Waals surface area (Å²) < 4.78 is 16.1. The number of H-pyrrole nitrogens is 1. The molecule has 7 nitrogen and oxygen atoms in total. The van der Waals surface area contributed by atoms with E-state index >= 15 is 0 Å². The van der Waals surface area contributed by atoms with Gasteiger partial charge in [0, 0.05) is 23.4 Å². The van der Waals surface area contributed by atoms with E-state index in [0.29, 0.717) is 11.3 Å². The average molecular weight is 344 g/mol. The third-order valence-electron chi connectivity index (χ3n) is 3.83. The van der Waals surface area contributed by atoms with Crippen molar-refractivity contribution in [2.45, 2.75) is 13.5 Å². The lowest BCUT2D eigenvalue weighted by atomic mass is 10.1. The molecule has 0 amide bonds. The summed E-state index contributed by atoms with van der Waals surface area (Å²) in [6, 6.07) is 5.61. The number of rotatable bonds is 7. The number of aromatic amines is 1. The van der Waals surface area contributed by atoms with Crippen LogP contribution in [-0.4, -0.2) is 48.0 Å². The average Bonchev–Trinajstić information content (AvgIpc) is 3.00. The number of esters is 1. The van der Waals surface area contributed by atoms with Gasteiger partial charge in [-0.2, -0.15) is 0 Å². The molecule has 3 rings (SSSR count). The highest BCUT2D eigenvalue weighted by atomic mass is 16.5. The van der Waals surface area contributed by atoms with Crippen LogP contribution in [0.25, 0.3) is 21.8 Å². The molecule has 132 valence electrons. The molecule has 3 aromatic rings. The van der Waals surface area contributed by atoms with Crippen LogP contribution in [0.15, 0.2) is 24.4 Å². The quantitative estimate of drug-likeness (QED) is 0.639. The number of ether oxygens (including phenoxy) is 3. The second kappa shape index (κ2) is 7.50. The van der Waals surface area contributed by atoms with Gasteiger partial charge in [0.2, 0.25) is 0 Å². The number of hydrogen-bond acceptors (Lipinski definition) is 6. The third-order valence-corrected chi connectivity index (χ3v) is 3.83. The molecular weight excluding hydrogens is 324 g/mol. The lowest BCUT2D eigenvalue weighted by Gasteiger charge is -2.11. The van der Waals surface area contributed by atoms with Crippen molar-refractivity contribution < 1.29 is 24.1 Å². The Kier molecular flexibility index (Phi) is 5.16. The van der Waals surface area contributed by atoms with Crippen molar-refractivity contribution in [3.8, 4) is 5.75 Å². The molecule has 0 radical (unpaired) electrons. The van der Waals surface area contributed by atoms with Crippen LogP contribution in [0.3, 0.4) is 0 Å². The monoisotopic (exact) mass is 344 g/mol. The molecule has 0 aliphatic heterocycles. The van der Waals surface area contributed by atoms with Crippen molar-refractivity contribution in [2.75, 3.05) is 26.9 Å². The summed E-state index contributed by atoms with van der Waals surface area (Å²) in [4.78, 5) is 19.8. The molecule has 1 aromatic carbocycles. The van der Waals surface area contributed by atoms with Crippen LogP contribution in [0.4, 0.5) is 0 Å². The number of hydrogen-bond donors (Lipinski definition) is 2. The first kappa shape index (κ1) is 17.2. The van der Waals surface area contributed by atoms with E-state index < -0.39 is 5.97 Å². The lowest BCUT2D eigenvalue weighted by molar-refractivity contribution is 0.0514. The van der Waals surface area contributed by atoms with E-state index in [2.05, 4.69) is 9.97 Å². The van der Waals surface area contributed by atoms with Gasteiger partial charge in [-0.25, -0.2) is 9.78 Å². The van der Waals surface area contributed by atoms with Crippen molar-refractivity contribution >= 4 is 27.8 Å². The maximum atomic E-state index is 12.3. The van der Waals surface area contributed by atoms with Crippen LogP contribution in [0.1, 0.15) is 23.0 Å². The Morgan fingerprint density at radius 1 is 1.28 bits per heavy atom. The third kappa shape index (κ3) is 3.16. The maximum absolute atomic E-state index is 12.3. The van der Waals surface area contributed by atoms with E-state index in [1.807, 2.05) is 18.2 Å². The van der Waals surface area contributed by atoms with Crippen LogP contribution in [-0.2, 0) is 16.1 Å². The molecule has 0 fully saturated rings. The summed E-state index contributed by atoms with van der Waals surface area (Å²) in [7, 11) is 1.56. The normalized spacial score (nSPS) is 11.2. The van der Waals surface area contributed by atoms with Crippen molar-refractivity contribution in [3.63, 3.8) is 0 Å². The highest BCUT2D eigenvalue weighted by Gasteiger charge is 2.21. The van der Waals surface area contributed by atoms with Gasteiger partial charge in [0.05, 0.1) is 37.1 Å². The number of aliphatic hydroxyl groups excluding tert-OH is 1. The second-order valence-electron chi connectivity index (χ2n) is 5.40. The second-order valence-corrected chi connectivity index (χ2v) is 5.40. The van der Waals surface area contributed by atoms with Gasteiger partial charge in [0.25, 0.3) is 0 Å².